The first-order valence-electron chi connectivity index (χ1n) is 16.4. The summed E-state index contributed by atoms with van der Waals surface area (Å²) in [7, 11) is 0. The molecule has 0 spiro atoms. The molecule has 1 aliphatic heterocycles. The Morgan fingerprint density at radius 2 is 1.15 bits per heavy atom. The molecule has 0 amide bonds. The average molecular weight is 623 g/mol. The van der Waals surface area contributed by atoms with Gasteiger partial charge in [-0.3, -0.25) is 0 Å². The molecular weight excluding hydrogens is 588 g/mol. The van der Waals surface area contributed by atoms with Crippen LogP contribution in [0.15, 0.2) is 122 Å². The molecule has 4 nitrogen and oxygen atoms in total. The van der Waals surface area contributed by atoms with Crippen molar-refractivity contribution >= 4 is 5.57 Å². The molecule has 0 unspecified atom stereocenters. The fourth-order valence-corrected chi connectivity index (χ4v) is 7.77. The van der Waals surface area contributed by atoms with Crippen molar-refractivity contribution in [2.24, 2.45) is 0 Å². The topological polar surface area (TPSA) is 44.2 Å². The Balaban J connectivity index is 1.11. The fraction of sp³-hybridized carbons (Fsp3) is 0.136. The number of nitrogens with zero attached hydrogens (tertiary/aromatic N) is 2. The first kappa shape index (κ1) is 28.5. The molecule has 0 saturated heterocycles. The van der Waals surface area contributed by atoms with Crippen molar-refractivity contribution in [2.45, 2.75) is 38.5 Å². The molecule has 6 aromatic rings. The number of hydrogen-bond acceptors (Lipinski definition) is 4. The van der Waals surface area contributed by atoms with Gasteiger partial charge in [-0.05, 0) is 92.5 Å². The maximum absolute atomic E-state index is 6.56. The van der Waals surface area contributed by atoms with Crippen LogP contribution in [0, 0.1) is 0 Å². The van der Waals surface area contributed by atoms with Crippen molar-refractivity contribution in [1.82, 2.24) is 9.97 Å². The molecule has 0 bridgehead atoms. The monoisotopic (exact) mass is 622 g/mol. The summed E-state index contributed by atoms with van der Waals surface area (Å²) >= 11 is 0. The van der Waals surface area contributed by atoms with Crippen LogP contribution >= 0.6 is 0 Å². The highest BCUT2D eigenvalue weighted by Gasteiger charge is 2.38. The lowest BCUT2D eigenvalue weighted by Crippen LogP contribution is -2.15. The minimum Gasteiger partial charge on any atom is -0.450 e. The Bertz CT molecular complexity index is 2400. The van der Waals surface area contributed by atoms with Crippen LogP contribution in [0.1, 0.15) is 55.6 Å². The number of rotatable bonds is 4. The normalized spacial score (nSPS) is 15.1. The van der Waals surface area contributed by atoms with Crippen molar-refractivity contribution in [3.63, 3.8) is 0 Å². The van der Waals surface area contributed by atoms with Gasteiger partial charge in [0.2, 0.25) is 0 Å². The molecule has 0 atom stereocenters. The minimum atomic E-state index is -0.128. The van der Waals surface area contributed by atoms with Crippen LogP contribution in [-0.4, -0.2) is 9.97 Å². The summed E-state index contributed by atoms with van der Waals surface area (Å²) in [6.07, 6.45) is 1.73. The van der Waals surface area contributed by atoms with Gasteiger partial charge in [-0.15, -0.1) is 0 Å². The number of fused-ring (bicyclic) bond motifs is 8. The quantitative estimate of drug-likeness (QED) is 0.183. The summed E-state index contributed by atoms with van der Waals surface area (Å²) < 4.78 is 13.0. The molecule has 5 aromatic carbocycles. The molecule has 0 saturated carbocycles. The van der Waals surface area contributed by atoms with Crippen LogP contribution in [0.2, 0.25) is 0 Å². The van der Waals surface area contributed by atoms with Crippen LogP contribution in [0.4, 0.5) is 0 Å². The van der Waals surface area contributed by atoms with Crippen LogP contribution in [0.5, 0.6) is 23.0 Å². The maximum Gasteiger partial charge on any atom is 0.170 e. The van der Waals surface area contributed by atoms with E-state index in [1.165, 1.54) is 44.5 Å². The second kappa shape index (κ2) is 9.88. The molecule has 1 aromatic heterocycles. The molecule has 4 heteroatoms. The molecule has 0 N–H and O–H groups in total. The van der Waals surface area contributed by atoms with Crippen LogP contribution in [0.25, 0.3) is 50.5 Å². The Kier molecular flexibility index (Phi) is 5.86. The van der Waals surface area contributed by atoms with E-state index in [9.17, 15) is 0 Å². The van der Waals surface area contributed by atoms with E-state index in [4.69, 9.17) is 19.4 Å². The van der Waals surface area contributed by atoms with Gasteiger partial charge < -0.3 is 9.47 Å². The Hall–Kier alpha value is -5.74. The first-order chi connectivity index (χ1) is 23.1. The van der Waals surface area contributed by atoms with Crippen molar-refractivity contribution in [2.75, 3.05) is 0 Å². The lowest BCUT2D eigenvalue weighted by Gasteiger charge is -2.25. The largest absolute Gasteiger partial charge is 0.450 e. The molecule has 2 heterocycles. The molecular formula is C44H34N2O2. The summed E-state index contributed by atoms with van der Waals surface area (Å²) in [5.41, 5.74) is 14.0. The van der Waals surface area contributed by atoms with Crippen molar-refractivity contribution < 1.29 is 9.47 Å². The molecule has 0 fully saturated rings. The van der Waals surface area contributed by atoms with E-state index in [2.05, 4.69) is 120 Å². The predicted octanol–water partition coefficient (Wildman–Crippen LogP) is 11.5. The van der Waals surface area contributed by atoms with Gasteiger partial charge in [0.05, 0.1) is 11.4 Å². The van der Waals surface area contributed by atoms with E-state index < -0.39 is 0 Å². The van der Waals surface area contributed by atoms with Gasteiger partial charge in [0.1, 0.15) is 0 Å². The number of allylic oxidation sites excluding steroid dienone is 2. The number of hydrogen-bond donors (Lipinski definition) is 0. The molecule has 232 valence electrons. The Morgan fingerprint density at radius 3 is 1.88 bits per heavy atom. The highest BCUT2D eigenvalue weighted by atomic mass is 16.6. The van der Waals surface area contributed by atoms with E-state index in [0.717, 1.165) is 33.8 Å². The number of ether oxygens (including phenoxy) is 2. The fourth-order valence-electron chi connectivity index (χ4n) is 7.77. The Morgan fingerprint density at radius 1 is 0.562 bits per heavy atom. The minimum absolute atomic E-state index is 0.120. The summed E-state index contributed by atoms with van der Waals surface area (Å²) in [6.45, 7) is 17.3. The lowest BCUT2D eigenvalue weighted by molar-refractivity contribution is 0.359. The SMILES string of the molecule is C=CC(=C)c1cc(-c2ccc3c(c2)Oc2cc4c(cc2O3)C(C)(C)c2ccccc2-4)nc(-c2ccc3c(c2)C(C)(C)c2ccccc2-3)n1. The smallest absolute Gasteiger partial charge is 0.170 e. The zero-order valence-corrected chi connectivity index (χ0v) is 27.5. The van der Waals surface area contributed by atoms with Gasteiger partial charge in [-0.1, -0.05) is 108 Å². The lowest BCUT2D eigenvalue weighted by atomic mass is 9.82. The van der Waals surface area contributed by atoms with Gasteiger partial charge in [0.15, 0.2) is 28.8 Å². The molecule has 3 aliphatic rings. The zero-order chi connectivity index (χ0) is 32.9. The molecule has 0 radical (unpaired) electrons. The molecule has 9 rings (SSSR count). The highest BCUT2D eigenvalue weighted by Crippen LogP contribution is 2.55. The summed E-state index contributed by atoms with van der Waals surface area (Å²) in [5, 5.41) is 0. The third kappa shape index (κ3) is 4.02. The predicted molar refractivity (Wildman–Crippen MR) is 194 cm³/mol. The van der Waals surface area contributed by atoms with Gasteiger partial charge in [0, 0.05) is 22.0 Å². The van der Waals surface area contributed by atoms with Gasteiger partial charge >= 0.3 is 0 Å². The molecule has 2 aliphatic carbocycles. The number of aromatic nitrogens is 2. The van der Waals surface area contributed by atoms with Gasteiger partial charge in [-0.2, -0.15) is 0 Å². The highest BCUT2D eigenvalue weighted by molar-refractivity contribution is 5.85. The van der Waals surface area contributed by atoms with E-state index in [0.29, 0.717) is 23.1 Å². The first-order valence-corrected chi connectivity index (χ1v) is 16.4. The summed E-state index contributed by atoms with van der Waals surface area (Å²) in [5.74, 6) is 3.39. The van der Waals surface area contributed by atoms with Crippen molar-refractivity contribution in [3.05, 3.63) is 150 Å². The van der Waals surface area contributed by atoms with Gasteiger partial charge in [-0.25, -0.2) is 9.97 Å². The van der Waals surface area contributed by atoms with Crippen LogP contribution in [-0.2, 0) is 10.8 Å². The second-order valence-corrected chi connectivity index (χ2v) is 14.0. The summed E-state index contributed by atoms with van der Waals surface area (Å²) in [6, 6.07) is 36.0. The third-order valence-corrected chi connectivity index (χ3v) is 10.5. The standard InChI is InChI=1S/C44H34N2O2/c1-7-25(2)36-24-37(46-42(45-36)27-16-18-30-28-12-8-10-14-32(28)43(3,4)34(30)20-27)26-17-19-38-39(21-26)48-40-22-31-29-13-9-11-15-33(29)44(5,6)35(31)23-41(40)47-38/h7-24H,1-2H2,3-6H3. The van der Waals surface area contributed by atoms with Crippen molar-refractivity contribution in [1.29, 1.82) is 0 Å². The number of benzene rings is 5. The molecule has 48 heavy (non-hydrogen) atoms. The Labute approximate surface area is 281 Å². The van der Waals surface area contributed by atoms with Crippen LogP contribution in [0.3, 0.4) is 0 Å². The van der Waals surface area contributed by atoms with E-state index in [-0.39, 0.29) is 10.8 Å². The van der Waals surface area contributed by atoms with E-state index in [1.807, 2.05) is 24.3 Å². The van der Waals surface area contributed by atoms with E-state index in [1.54, 1.807) is 6.08 Å². The maximum atomic E-state index is 6.56. The van der Waals surface area contributed by atoms with E-state index >= 15 is 0 Å². The van der Waals surface area contributed by atoms with Gasteiger partial charge in [0.25, 0.3) is 0 Å². The third-order valence-electron chi connectivity index (χ3n) is 10.5. The average Bonchev–Trinajstić information content (AvgIpc) is 3.48. The zero-order valence-electron chi connectivity index (χ0n) is 27.5. The second-order valence-electron chi connectivity index (χ2n) is 14.0. The van der Waals surface area contributed by atoms with Crippen molar-refractivity contribution in [3.8, 4) is 67.9 Å². The summed E-state index contributed by atoms with van der Waals surface area (Å²) in [4.78, 5) is 10.1. The van der Waals surface area contributed by atoms with Crippen LogP contribution < -0.4 is 9.47 Å².